The van der Waals surface area contributed by atoms with Gasteiger partial charge < -0.3 is 9.80 Å². The SMILES string of the molecule is O=C(CCc1ccccn1)N1CC[C@@H]2[C@H]1CCN2C(=O)c1cccnn1. The van der Waals surface area contributed by atoms with Gasteiger partial charge in [-0.05, 0) is 43.5 Å². The van der Waals surface area contributed by atoms with Crippen molar-refractivity contribution in [1.82, 2.24) is 25.0 Å². The summed E-state index contributed by atoms with van der Waals surface area (Å²) < 4.78 is 0. The van der Waals surface area contributed by atoms with Crippen molar-refractivity contribution in [3.05, 3.63) is 54.1 Å². The van der Waals surface area contributed by atoms with Crippen LogP contribution in [0.2, 0.25) is 0 Å². The Bertz CT molecular complexity index is 783. The number of carbonyl (C=O) groups excluding carboxylic acids is 2. The van der Waals surface area contributed by atoms with E-state index in [1.165, 1.54) is 0 Å². The van der Waals surface area contributed by atoms with E-state index < -0.39 is 0 Å². The maximum Gasteiger partial charge on any atom is 0.274 e. The van der Waals surface area contributed by atoms with Gasteiger partial charge in [0, 0.05) is 37.6 Å². The van der Waals surface area contributed by atoms with Crippen molar-refractivity contribution in [2.45, 2.75) is 37.8 Å². The smallest absolute Gasteiger partial charge is 0.274 e. The monoisotopic (exact) mass is 351 g/mol. The van der Waals surface area contributed by atoms with Crippen LogP contribution in [0.5, 0.6) is 0 Å². The first-order valence-corrected chi connectivity index (χ1v) is 9.02. The molecule has 0 N–H and O–H groups in total. The maximum atomic E-state index is 12.7. The number of amides is 2. The molecule has 2 fully saturated rings. The lowest BCUT2D eigenvalue weighted by Gasteiger charge is -2.25. The van der Waals surface area contributed by atoms with Crippen molar-refractivity contribution in [3.63, 3.8) is 0 Å². The summed E-state index contributed by atoms with van der Waals surface area (Å²) in [5.41, 5.74) is 1.30. The number of aryl methyl sites for hydroxylation is 1. The Balaban J connectivity index is 1.39. The Hall–Kier alpha value is -2.83. The van der Waals surface area contributed by atoms with Gasteiger partial charge in [-0.25, -0.2) is 0 Å². The number of rotatable bonds is 4. The first-order chi connectivity index (χ1) is 12.7. The van der Waals surface area contributed by atoms with Gasteiger partial charge in [-0.2, -0.15) is 5.10 Å². The zero-order valence-electron chi connectivity index (χ0n) is 14.5. The number of nitrogens with zero attached hydrogens (tertiary/aromatic N) is 5. The summed E-state index contributed by atoms with van der Waals surface area (Å²) in [5, 5.41) is 7.72. The molecule has 2 atom stereocenters. The van der Waals surface area contributed by atoms with Crippen LogP contribution >= 0.6 is 0 Å². The minimum Gasteiger partial charge on any atom is -0.337 e. The molecule has 4 heterocycles. The minimum atomic E-state index is -0.0895. The highest BCUT2D eigenvalue weighted by Crippen LogP contribution is 2.32. The van der Waals surface area contributed by atoms with Gasteiger partial charge in [-0.15, -0.1) is 5.10 Å². The molecule has 2 saturated heterocycles. The average molecular weight is 351 g/mol. The fourth-order valence-corrected chi connectivity index (χ4v) is 4.04. The van der Waals surface area contributed by atoms with Gasteiger partial charge in [-0.3, -0.25) is 14.6 Å². The lowest BCUT2D eigenvalue weighted by Crippen LogP contribution is -2.41. The molecule has 0 aliphatic carbocycles. The van der Waals surface area contributed by atoms with Crippen molar-refractivity contribution in [2.75, 3.05) is 13.1 Å². The number of hydrogen-bond donors (Lipinski definition) is 0. The zero-order valence-corrected chi connectivity index (χ0v) is 14.5. The highest BCUT2D eigenvalue weighted by molar-refractivity contribution is 5.92. The number of fused-ring (bicyclic) bond motifs is 1. The van der Waals surface area contributed by atoms with Crippen molar-refractivity contribution >= 4 is 11.8 Å². The molecule has 134 valence electrons. The third kappa shape index (κ3) is 3.16. The molecule has 0 bridgehead atoms. The van der Waals surface area contributed by atoms with Crippen LogP contribution in [0.4, 0.5) is 0 Å². The van der Waals surface area contributed by atoms with Crippen LogP contribution in [0.25, 0.3) is 0 Å². The van der Waals surface area contributed by atoms with Crippen molar-refractivity contribution in [3.8, 4) is 0 Å². The molecule has 4 rings (SSSR count). The lowest BCUT2D eigenvalue weighted by molar-refractivity contribution is -0.132. The van der Waals surface area contributed by atoms with E-state index in [9.17, 15) is 9.59 Å². The predicted octanol–water partition coefficient (Wildman–Crippen LogP) is 1.32. The molecule has 0 unspecified atom stereocenters. The van der Waals surface area contributed by atoms with Crippen molar-refractivity contribution < 1.29 is 9.59 Å². The Kier molecular flexibility index (Phi) is 4.60. The molecule has 7 nitrogen and oxygen atoms in total. The van der Waals surface area contributed by atoms with Gasteiger partial charge in [0.25, 0.3) is 5.91 Å². The van der Waals surface area contributed by atoms with Crippen molar-refractivity contribution in [2.24, 2.45) is 0 Å². The molecule has 26 heavy (non-hydrogen) atoms. The predicted molar refractivity (Wildman–Crippen MR) is 94.1 cm³/mol. The van der Waals surface area contributed by atoms with Crippen LogP contribution < -0.4 is 0 Å². The molecule has 2 aromatic heterocycles. The van der Waals surface area contributed by atoms with Crippen molar-refractivity contribution in [1.29, 1.82) is 0 Å². The highest BCUT2D eigenvalue weighted by atomic mass is 16.2. The molecular weight excluding hydrogens is 330 g/mol. The van der Waals surface area contributed by atoms with Gasteiger partial charge in [0.15, 0.2) is 5.69 Å². The van der Waals surface area contributed by atoms with E-state index in [0.29, 0.717) is 31.6 Å². The van der Waals surface area contributed by atoms with E-state index in [1.54, 1.807) is 24.5 Å². The second-order valence-corrected chi connectivity index (χ2v) is 6.73. The first kappa shape index (κ1) is 16.6. The normalized spacial score (nSPS) is 21.7. The third-order valence-electron chi connectivity index (χ3n) is 5.27. The molecule has 0 radical (unpaired) electrons. The summed E-state index contributed by atoms with van der Waals surface area (Å²) in [6.07, 6.45) is 6.06. The third-order valence-corrected chi connectivity index (χ3v) is 5.27. The summed E-state index contributed by atoms with van der Waals surface area (Å²) in [7, 11) is 0. The largest absolute Gasteiger partial charge is 0.337 e. The van der Waals surface area contributed by atoms with E-state index in [0.717, 1.165) is 18.5 Å². The highest BCUT2D eigenvalue weighted by Gasteiger charge is 2.46. The number of likely N-dealkylation sites (tertiary alicyclic amines) is 2. The molecule has 2 aromatic rings. The molecule has 2 aliphatic rings. The summed E-state index contributed by atoms with van der Waals surface area (Å²) in [4.78, 5) is 33.5. The van der Waals surface area contributed by atoms with Crippen LogP contribution in [0.1, 0.15) is 35.4 Å². The summed E-state index contributed by atoms with van der Waals surface area (Å²) in [6, 6.07) is 9.36. The van der Waals surface area contributed by atoms with E-state index in [4.69, 9.17) is 0 Å². The van der Waals surface area contributed by atoms with Gasteiger partial charge in [0.2, 0.25) is 5.91 Å². The summed E-state index contributed by atoms with van der Waals surface area (Å²) in [5.74, 6) is 0.0605. The number of carbonyl (C=O) groups is 2. The Labute approximate surface area is 152 Å². The van der Waals surface area contributed by atoms with E-state index in [-0.39, 0.29) is 23.9 Å². The van der Waals surface area contributed by atoms with Crippen LogP contribution in [-0.2, 0) is 11.2 Å². The van der Waals surface area contributed by atoms with Crippen LogP contribution in [0.15, 0.2) is 42.7 Å². The van der Waals surface area contributed by atoms with Crippen LogP contribution in [0.3, 0.4) is 0 Å². The fraction of sp³-hybridized carbons (Fsp3) is 0.421. The van der Waals surface area contributed by atoms with Gasteiger partial charge in [0.1, 0.15) is 0 Å². The topological polar surface area (TPSA) is 79.3 Å². The molecule has 0 saturated carbocycles. The average Bonchev–Trinajstić information content (AvgIpc) is 3.29. The maximum absolute atomic E-state index is 12.7. The summed E-state index contributed by atoms with van der Waals surface area (Å²) >= 11 is 0. The number of aromatic nitrogens is 3. The first-order valence-electron chi connectivity index (χ1n) is 9.02. The van der Waals surface area contributed by atoms with E-state index >= 15 is 0 Å². The second-order valence-electron chi connectivity index (χ2n) is 6.73. The number of pyridine rings is 1. The lowest BCUT2D eigenvalue weighted by atomic mass is 10.1. The van der Waals surface area contributed by atoms with Gasteiger partial charge in [-0.1, -0.05) is 6.07 Å². The van der Waals surface area contributed by atoms with Crippen LogP contribution in [0, 0.1) is 0 Å². The Morgan fingerprint density at radius 1 is 1.00 bits per heavy atom. The molecule has 0 spiro atoms. The van der Waals surface area contributed by atoms with E-state index in [1.807, 2.05) is 28.0 Å². The summed E-state index contributed by atoms with van der Waals surface area (Å²) in [6.45, 7) is 1.37. The molecule has 2 amide bonds. The van der Waals surface area contributed by atoms with Gasteiger partial charge in [0.05, 0.1) is 12.1 Å². The Morgan fingerprint density at radius 3 is 2.54 bits per heavy atom. The molecule has 2 aliphatic heterocycles. The zero-order chi connectivity index (χ0) is 17.9. The van der Waals surface area contributed by atoms with Crippen LogP contribution in [-0.4, -0.2) is 62.0 Å². The Morgan fingerprint density at radius 2 is 1.81 bits per heavy atom. The van der Waals surface area contributed by atoms with E-state index in [2.05, 4.69) is 15.2 Å². The van der Waals surface area contributed by atoms with Gasteiger partial charge >= 0.3 is 0 Å². The quantitative estimate of drug-likeness (QED) is 0.830. The molecule has 7 heteroatoms. The number of hydrogen-bond acceptors (Lipinski definition) is 5. The molecular formula is C19H21N5O2. The molecule has 0 aromatic carbocycles. The minimum absolute atomic E-state index is 0.0864. The fourth-order valence-electron chi connectivity index (χ4n) is 4.04. The second kappa shape index (κ2) is 7.19. The standard InChI is InChI=1S/C19H21N5O2/c25-18(7-6-14-4-1-2-10-20-14)23-12-8-17-16(23)9-13-24(17)19(26)15-5-3-11-21-22-15/h1-5,10-11,16-17H,6-9,12-13H2/t16-,17-/m1/s1.